The number of hydrogen-bond acceptors (Lipinski definition) is 4. The minimum absolute atomic E-state index is 0.629. The Balaban J connectivity index is 2.50. The number of nitrogens with one attached hydrogen (secondary N) is 2. The minimum atomic E-state index is -0.631. The Morgan fingerprint density at radius 1 is 1.18 bits per heavy atom. The molecule has 5 nitrogen and oxygen atoms in total. The van der Waals surface area contributed by atoms with Gasteiger partial charge in [0.05, 0.1) is 12.6 Å². The first-order chi connectivity index (χ1) is 8.19. The number of hydrogen-bond donors (Lipinski definition) is 2. The third kappa shape index (κ3) is 1.45. The van der Waals surface area contributed by atoms with Gasteiger partial charge in [-0.1, -0.05) is 0 Å². The van der Waals surface area contributed by atoms with E-state index in [2.05, 4.69) is 9.97 Å². The number of aromatic nitrogens is 2. The molecule has 6 heteroatoms. The first-order valence-corrected chi connectivity index (χ1v) is 5.73. The number of H-pyrrole nitrogens is 2. The van der Waals surface area contributed by atoms with E-state index in [9.17, 15) is 9.59 Å². The lowest BCUT2D eigenvalue weighted by Gasteiger charge is -1.97. The highest BCUT2D eigenvalue weighted by Gasteiger charge is 2.08. The van der Waals surface area contributed by atoms with E-state index in [0.717, 1.165) is 15.8 Å². The topological polar surface area (TPSA) is 75.0 Å². The van der Waals surface area contributed by atoms with E-state index in [1.807, 2.05) is 18.2 Å². The van der Waals surface area contributed by atoms with Crippen LogP contribution in [0.2, 0.25) is 0 Å². The van der Waals surface area contributed by atoms with E-state index >= 15 is 0 Å². The molecule has 0 amide bonds. The Morgan fingerprint density at radius 3 is 2.71 bits per heavy atom. The lowest BCUT2D eigenvalue weighted by Crippen LogP contribution is -2.28. The highest BCUT2D eigenvalue weighted by molar-refractivity contribution is 7.25. The summed E-state index contributed by atoms with van der Waals surface area (Å²) < 4.78 is 6.08. The second-order valence-corrected chi connectivity index (χ2v) is 4.63. The van der Waals surface area contributed by atoms with E-state index in [-0.39, 0.29) is 0 Å². The summed E-state index contributed by atoms with van der Waals surface area (Å²) in [5.41, 5.74) is -0.596. The van der Waals surface area contributed by atoms with Gasteiger partial charge < -0.3 is 14.7 Å². The van der Waals surface area contributed by atoms with Gasteiger partial charge in [-0.3, -0.25) is 9.59 Å². The predicted molar refractivity (Wildman–Crippen MR) is 67.1 cm³/mol. The summed E-state index contributed by atoms with van der Waals surface area (Å²) in [4.78, 5) is 28.3. The quantitative estimate of drug-likeness (QED) is 0.640. The molecule has 0 unspecified atom stereocenters. The van der Waals surface area contributed by atoms with Crippen molar-refractivity contribution in [2.24, 2.45) is 0 Å². The van der Waals surface area contributed by atoms with Crippen molar-refractivity contribution in [1.29, 1.82) is 0 Å². The summed E-state index contributed by atoms with van der Waals surface area (Å²) in [7, 11) is 1.60. The van der Waals surface area contributed by atoms with Gasteiger partial charge in [0.1, 0.15) is 10.6 Å². The van der Waals surface area contributed by atoms with Crippen molar-refractivity contribution in [2.75, 3.05) is 7.11 Å². The highest BCUT2D eigenvalue weighted by atomic mass is 32.1. The predicted octanol–water partition coefficient (Wildman–Crippen LogP) is 1.44. The van der Waals surface area contributed by atoms with Crippen LogP contribution in [0, 0.1) is 0 Å². The molecule has 17 heavy (non-hydrogen) atoms. The fourth-order valence-electron chi connectivity index (χ4n) is 1.75. The normalized spacial score (nSPS) is 11.1. The third-order valence-electron chi connectivity index (χ3n) is 2.57. The van der Waals surface area contributed by atoms with Crippen molar-refractivity contribution in [3.8, 4) is 5.75 Å². The van der Waals surface area contributed by atoms with Crippen molar-refractivity contribution in [3.63, 3.8) is 0 Å². The van der Waals surface area contributed by atoms with Gasteiger partial charge >= 0.3 is 11.1 Å². The molecule has 0 atom stereocenters. The van der Waals surface area contributed by atoms with Crippen LogP contribution in [0.1, 0.15) is 0 Å². The molecule has 86 valence electrons. The number of fused-ring (bicyclic) bond motifs is 3. The summed E-state index contributed by atoms with van der Waals surface area (Å²) in [5.74, 6) is 0.744. The van der Waals surface area contributed by atoms with Crippen molar-refractivity contribution < 1.29 is 4.74 Å². The number of thiophene rings is 1. The Bertz CT molecular complexity index is 828. The average molecular weight is 248 g/mol. The number of methoxy groups -OCH3 is 1. The molecule has 1 aromatic carbocycles. The van der Waals surface area contributed by atoms with Crippen molar-refractivity contribution in [3.05, 3.63) is 38.9 Å². The lowest BCUT2D eigenvalue weighted by molar-refractivity contribution is 0.415. The smallest absolute Gasteiger partial charge is 0.314 e. The second-order valence-electron chi connectivity index (χ2n) is 3.58. The first-order valence-electron chi connectivity index (χ1n) is 4.92. The summed E-state index contributed by atoms with van der Waals surface area (Å²) in [6.45, 7) is 0. The molecule has 0 spiro atoms. The summed E-state index contributed by atoms with van der Waals surface area (Å²) in [6.07, 6.45) is 0. The number of rotatable bonds is 1. The van der Waals surface area contributed by atoms with Gasteiger partial charge in [0.2, 0.25) is 0 Å². The fraction of sp³-hybridized carbons (Fsp3) is 0.0909. The molecule has 0 aliphatic carbocycles. The average Bonchev–Trinajstić information content (AvgIpc) is 2.66. The molecular weight excluding hydrogens is 240 g/mol. The molecule has 3 aromatic rings. The molecule has 0 bridgehead atoms. The standard InChI is InChI=1S/C11H8N2O3S/c1-16-5-2-3-6-7(4-5)17-11-8(6)12-9(14)10(15)13-11/h2-4H,1H3,(H,12,14)(H,13,15). The lowest BCUT2D eigenvalue weighted by atomic mass is 10.2. The summed E-state index contributed by atoms with van der Waals surface area (Å²) in [6, 6.07) is 5.55. The maximum Gasteiger partial charge on any atom is 0.314 e. The van der Waals surface area contributed by atoms with Crippen LogP contribution in [0.3, 0.4) is 0 Å². The van der Waals surface area contributed by atoms with Crippen molar-refractivity contribution in [2.45, 2.75) is 0 Å². The molecule has 0 fully saturated rings. The molecule has 2 heterocycles. The monoisotopic (exact) mass is 248 g/mol. The van der Waals surface area contributed by atoms with E-state index in [4.69, 9.17) is 4.74 Å². The molecule has 2 aromatic heterocycles. The maximum absolute atomic E-state index is 11.3. The number of benzene rings is 1. The first kappa shape index (κ1) is 10.1. The van der Waals surface area contributed by atoms with Crippen LogP contribution in [0.15, 0.2) is 27.8 Å². The van der Waals surface area contributed by atoms with Gasteiger partial charge in [0.25, 0.3) is 0 Å². The van der Waals surface area contributed by atoms with Gasteiger partial charge in [-0.15, -0.1) is 11.3 Å². The van der Waals surface area contributed by atoms with E-state index in [0.29, 0.717) is 10.3 Å². The minimum Gasteiger partial charge on any atom is -0.497 e. The molecule has 0 radical (unpaired) electrons. The summed E-state index contributed by atoms with van der Waals surface area (Å²) >= 11 is 1.41. The van der Waals surface area contributed by atoms with Crippen LogP contribution in [0.5, 0.6) is 5.75 Å². The van der Waals surface area contributed by atoms with Crippen LogP contribution < -0.4 is 15.9 Å². The van der Waals surface area contributed by atoms with Gasteiger partial charge in [0, 0.05) is 10.1 Å². The van der Waals surface area contributed by atoms with E-state index < -0.39 is 11.1 Å². The van der Waals surface area contributed by atoms with E-state index in [1.54, 1.807) is 7.11 Å². The van der Waals surface area contributed by atoms with E-state index in [1.165, 1.54) is 11.3 Å². The van der Waals surface area contributed by atoms with Crippen LogP contribution in [0.4, 0.5) is 0 Å². The molecule has 2 N–H and O–H groups in total. The molecule has 0 saturated carbocycles. The molecule has 0 aliphatic rings. The van der Waals surface area contributed by atoms with Gasteiger partial charge in [0.15, 0.2) is 0 Å². The zero-order chi connectivity index (χ0) is 12.0. The van der Waals surface area contributed by atoms with Crippen LogP contribution in [0.25, 0.3) is 20.4 Å². The Morgan fingerprint density at radius 2 is 1.94 bits per heavy atom. The Hall–Kier alpha value is -2.08. The Labute approximate surface area is 98.7 Å². The van der Waals surface area contributed by atoms with Crippen molar-refractivity contribution in [1.82, 2.24) is 9.97 Å². The molecular formula is C11H8N2O3S. The number of ether oxygens (including phenoxy) is 1. The number of aromatic amines is 2. The molecule has 0 saturated heterocycles. The highest BCUT2D eigenvalue weighted by Crippen LogP contribution is 2.32. The summed E-state index contributed by atoms with van der Waals surface area (Å²) in [5, 5.41) is 0.902. The maximum atomic E-state index is 11.3. The van der Waals surface area contributed by atoms with Crippen LogP contribution in [-0.2, 0) is 0 Å². The van der Waals surface area contributed by atoms with Gasteiger partial charge in [-0.25, -0.2) is 0 Å². The van der Waals surface area contributed by atoms with Crippen molar-refractivity contribution >= 4 is 31.8 Å². The second kappa shape index (κ2) is 3.46. The Kier molecular flexibility index (Phi) is 2.05. The van der Waals surface area contributed by atoms with Crippen LogP contribution in [-0.4, -0.2) is 17.1 Å². The fourth-order valence-corrected chi connectivity index (χ4v) is 2.83. The zero-order valence-corrected chi connectivity index (χ0v) is 9.68. The molecule has 3 rings (SSSR count). The zero-order valence-electron chi connectivity index (χ0n) is 8.87. The van der Waals surface area contributed by atoms with Gasteiger partial charge in [-0.2, -0.15) is 0 Å². The molecule has 0 aliphatic heterocycles. The van der Waals surface area contributed by atoms with Gasteiger partial charge in [-0.05, 0) is 18.2 Å². The SMILES string of the molecule is COc1ccc2c(c1)sc1[nH]c(=O)c(=O)[nH]c12. The van der Waals surface area contributed by atoms with Crippen LogP contribution >= 0.6 is 11.3 Å². The largest absolute Gasteiger partial charge is 0.497 e. The third-order valence-corrected chi connectivity index (χ3v) is 3.64.